The Balaban J connectivity index is 1.48. The number of amides is 1. The van der Waals surface area contributed by atoms with E-state index in [9.17, 15) is 10.0 Å². The van der Waals surface area contributed by atoms with E-state index in [4.69, 9.17) is 4.74 Å². The molecule has 1 amide bonds. The highest BCUT2D eigenvalue weighted by Gasteiger charge is 2.20. The summed E-state index contributed by atoms with van der Waals surface area (Å²) in [6.07, 6.45) is 9.55. The predicted molar refractivity (Wildman–Crippen MR) is 127 cm³/mol. The molecule has 2 aliphatic heterocycles. The molecular weight excluding hydrogens is 452 g/mol. The summed E-state index contributed by atoms with van der Waals surface area (Å²) < 4.78 is 5.48. The van der Waals surface area contributed by atoms with E-state index in [-0.39, 0.29) is 5.17 Å². The van der Waals surface area contributed by atoms with Crippen LogP contribution in [0.1, 0.15) is 16.1 Å². The number of aryl methyl sites for hydroxylation is 1. The van der Waals surface area contributed by atoms with Gasteiger partial charge in [0.2, 0.25) is 0 Å². The molecule has 0 aliphatic carbocycles. The summed E-state index contributed by atoms with van der Waals surface area (Å²) in [7, 11) is 1.59. The fourth-order valence-corrected chi connectivity index (χ4v) is 4.22. The normalized spacial score (nSPS) is 15.4. The fourth-order valence-electron chi connectivity index (χ4n) is 3.45. The van der Waals surface area contributed by atoms with Crippen molar-refractivity contribution in [2.45, 2.75) is 11.9 Å². The Kier molecular flexibility index (Phi) is 5.74. The quantitative estimate of drug-likeness (QED) is 0.622. The second-order valence-electron chi connectivity index (χ2n) is 7.34. The number of para-hydroxylation sites is 1. The molecule has 0 unspecified atom stereocenters. The molecule has 0 atom stereocenters. The van der Waals surface area contributed by atoms with Crippen LogP contribution in [0.2, 0.25) is 0 Å². The highest BCUT2D eigenvalue weighted by Crippen LogP contribution is 2.33. The number of amidine groups is 1. The number of methoxy groups -OCH3 is 1. The fraction of sp³-hybridized carbons (Fsp3) is 0.0833. The second kappa shape index (κ2) is 9.00. The Labute approximate surface area is 198 Å². The van der Waals surface area contributed by atoms with Gasteiger partial charge in [-0.1, -0.05) is 18.2 Å². The van der Waals surface area contributed by atoms with Crippen LogP contribution in [0.5, 0.6) is 5.75 Å². The highest BCUT2D eigenvalue weighted by atomic mass is 32.2. The van der Waals surface area contributed by atoms with Crippen molar-refractivity contribution >= 4 is 28.4 Å². The van der Waals surface area contributed by atoms with Crippen LogP contribution < -0.4 is 15.6 Å². The Morgan fingerprint density at radius 2 is 1.91 bits per heavy atom. The van der Waals surface area contributed by atoms with Crippen molar-refractivity contribution in [3.8, 4) is 16.9 Å². The van der Waals surface area contributed by atoms with Crippen LogP contribution in [0.4, 0.5) is 0 Å². The third kappa shape index (κ3) is 4.24. The Morgan fingerprint density at radius 1 is 1.12 bits per heavy atom. The molecule has 0 fully saturated rings. The smallest absolute Gasteiger partial charge is 0.281 e. The zero-order valence-electron chi connectivity index (χ0n) is 18.2. The number of ether oxygens (including phenoxy) is 1. The van der Waals surface area contributed by atoms with Crippen molar-refractivity contribution < 1.29 is 14.7 Å². The Morgan fingerprint density at radius 3 is 2.71 bits per heavy atom. The summed E-state index contributed by atoms with van der Waals surface area (Å²) in [6, 6.07) is 9.32. The summed E-state index contributed by atoms with van der Waals surface area (Å²) >= 11 is 1.17. The van der Waals surface area contributed by atoms with Crippen molar-refractivity contribution in [3.63, 3.8) is 0 Å². The summed E-state index contributed by atoms with van der Waals surface area (Å²) in [5.74, 6) is 0.180. The number of hydrogen-bond acceptors (Lipinski definition) is 8. The number of aromatic nitrogens is 3. The third-order valence-electron chi connectivity index (χ3n) is 5.09. The predicted octanol–water partition coefficient (Wildman–Crippen LogP) is 2.66. The van der Waals surface area contributed by atoms with Gasteiger partial charge in [0.25, 0.3) is 5.91 Å². The molecule has 0 spiro atoms. The standard InChI is InChI=1S/C24H18N6O3S/c1-14-11-17(16-5-3-4-6-20(16)33-2)18(12-25-14)22(31)29-24-28-21-23(34-24)27-19(13-26-21)15-7-9-30(32)10-8-15/h3-13,32H,1-2H3. The summed E-state index contributed by atoms with van der Waals surface area (Å²) in [6.45, 7) is 1.86. The van der Waals surface area contributed by atoms with Gasteiger partial charge >= 0.3 is 0 Å². The van der Waals surface area contributed by atoms with Crippen LogP contribution in [0.15, 0.2) is 82.3 Å². The average molecular weight is 471 g/mol. The molecule has 9 nitrogen and oxygen atoms in total. The van der Waals surface area contributed by atoms with Gasteiger partial charge in [0, 0.05) is 41.0 Å². The highest BCUT2D eigenvalue weighted by molar-refractivity contribution is 8.14. The molecule has 3 aromatic rings. The lowest BCUT2D eigenvalue weighted by Gasteiger charge is -2.11. The number of pyridine rings is 1. The third-order valence-corrected chi connectivity index (χ3v) is 5.92. The number of carbonyl (C=O) groups is 1. The maximum absolute atomic E-state index is 13.2. The van der Waals surface area contributed by atoms with E-state index >= 15 is 0 Å². The molecule has 1 aromatic carbocycles. The van der Waals surface area contributed by atoms with Crippen molar-refractivity contribution in [1.29, 1.82) is 0 Å². The summed E-state index contributed by atoms with van der Waals surface area (Å²) in [5.41, 5.74) is 3.76. The van der Waals surface area contributed by atoms with E-state index in [1.165, 1.54) is 30.4 Å². The number of hydroxylamine groups is 2. The number of thioether (sulfide) groups is 1. The molecule has 2 aromatic heterocycles. The van der Waals surface area contributed by atoms with Gasteiger partial charge in [-0.3, -0.25) is 15.0 Å². The first-order valence-electron chi connectivity index (χ1n) is 10.2. The molecule has 0 saturated heterocycles. The first-order valence-corrected chi connectivity index (χ1v) is 11.0. The summed E-state index contributed by atoms with van der Waals surface area (Å²) in [4.78, 5) is 35.0. The number of fused-ring (bicyclic) bond motifs is 1. The first kappa shape index (κ1) is 21.7. The minimum Gasteiger partial charge on any atom is -0.496 e. The largest absolute Gasteiger partial charge is 0.496 e. The van der Waals surface area contributed by atoms with Gasteiger partial charge in [0.15, 0.2) is 10.7 Å². The minimum absolute atomic E-state index is 0.255. The van der Waals surface area contributed by atoms with Crippen molar-refractivity contribution in [2.24, 2.45) is 9.98 Å². The SMILES string of the molecule is COc1ccccc1-c1cc(C)ncc1C(=O)N=C1N=c2ncc(=C3C=CN(O)C=C3)nc2S1. The number of benzene rings is 1. The molecular formula is C24H18N6O3S. The average Bonchev–Trinajstić information content (AvgIpc) is 3.25. The van der Waals surface area contributed by atoms with E-state index in [1.807, 2.05) is 37.3 Å². The second-order valence-corrected chi connectivity index (χ2v) is 8.29. The van der Waals surface area contributed by atoms with Crippen molar-refractivity contribution in [2.75, 3.05) is 7.11 Å². The van der Waals surface area contributed by atoms with Crippen LogP contribution in [0.3, 0.4) is 0 Å². The molecule has 168 valence electrons. The van der Waals surface area contributed by atoms with Crippen LogP contribution >= 0.6 is 11.8 Å². The van der Waals surface area contributed by atoms with Crippen molar-refractivity contribution in [3.05, 3.63) is 89.4 Å². The van der Waals surface area contributed by atoms with Crippen molar-refractivity contribution in [1.82, 2.24) is 20.0 Å². The van der Waals surface area contributed by atoms with Crippen LogP contribution in [0, 0.1) is 6.92 Å². The van der Waals surface area contributed by atoms with Gasteiger partial charge in [0.05, 0.1) is 24.2 Å². The number of allylic oxidation sites excluding steroid dienone is 2. The van der Waals surface area contributed by atoms with E-state index in [2.05, 4.69) is 24.9 Å². The lowest BCUT2D eigenvalue weighted by Crippen LogP contribution is -2.21. The number of hydrogen-bond donors (Lipinski definition) is 1. The van der Waals surface area contributed by atoms with Gasteiger partial charge in [-0.25, -0.2) is 15.0 Å². The molecule has 34 heavy (non-hydrogen) atoms. The monoisotopic (exact) mass is 470 g/mol. The molecule has 2 aliphatic rings. The maximum Gasteiger partial charge on any atom is 0.281 e. The molecule has 10 heteroatoms. The van der Waals surface area contributed by atoms with Gasteiger partial charge in [-0.05, 0) is 43.0 Å². The van der Waals surface area contributed by atoms with Crippen LogP contribution in [-0.4, -0.2) is 43.4 Å². The van der Waals surface area contributed by atoms with Crippen LogP contribution in [0.25, 0.3) is 16.7 Å². The maximum atomic E-state index is 13.2. The molecule has 4 heterocycles. The number of nitrogens with zero attached hydrogens (tertiary/aromatic N) is 6. The summed E-state index contributed by atoms with van der Waals surface area (Å²) in [5, 5.41) is 11.8. The van der Waals surface area contributed by atoms with E-state index < -0.39 is 5.91 Å². The molecule has 5 rings (SSSR count). The lowest BCUT2D eigenvalue weighted by molar-refractivity contribution is 0.0109. The topological polar surface area (TPSA) is 113 Å². The van der Waals surface area contributed by atoms with Gasteiger partial charge in [0.1, 0.15) is 10.8 Å². The Hall–Kier alpha value is -4.15. The first-order chi connectivity index (χ1) is 16.5. The number of carbonyl (C=O) groups excluding carboxylic acids is 1. The Bertz CT molecular complexity index is 1510. The van der Waals surface area contributed by atoms with Crippen LogP contribution in [-0.2, 0) is 0 Å². The molecule has 0 bridgehead atoms. The van der Waals surface area contributed by atoms with Gasteiger partial charge in [-0.2, -0.15) is 9.98 Å². The zero-order valence-corrected chi connectivity index (χ0v) is 19.0. The van der Waals surface area contributed by atoms with Gasteiger partial charge < -0.3 is 4.74 Å². The van der Waals surface area contributed by atoms with E-state index in [0.29, 0.717) is 32.7 Å². The van der Waals surface area contributed by atoms with E-state index in [1.54, 1.807) is 25.5 Å². The van der Waals surface area contributed by atoms with E-state index in [0.717, 1.165) is 21.9 Å². The number of rotatable bonds is 3. The minimum atomic E-state index is -0.469. The lowest BCUT2D eigenvalue weighted by atomic mass is 9.99. The van der Waals surface area contributed by atoms with Gasteiger partial charge in [-0.15, -0.1) is 0 Å². The number of aliphatic imine (C=N–C) groups is 1. The molecule has 1 N–H and O–H groups in total. The molecule has 0 saturated carbocycles. The zero-order chi connectivity index (χ0) is 23.7. The molecule has 0 radical (unpaired) electrons.